The van der Waals surface area contributed by atoms with Crippen molar-refractivity contribution in [3.05, 3.63) is 83.7 Å². The normalized spacial score (nSPS) is 14.3. The molecule has 220 valence electrons. The molecule has 0 radical (unpaired) electrons. The number of hydrogen-bond acceptors (Lipinski definition) is 8. The lowest BCUT2D eigenvalue weighted by Crippen LogP contribution is -2.48. The average Bonchev–Trinajstić information content (AvgIpc) is 3.00. The Balaban J connectivity index is 0.000000612. The number of pyridine rings is 1. The topological polar surface area (TPSA) is 113 Å². The molecule has 3 N–H and O–H groups in total. The van der Waals surface area contributed by atoms with Crippen LogP contribution in [0.15, 0.2) is 67.0 Å². The van der Waals surface area contributed by atoms with Gasteiger partial charge in [-0.15, -0.1) is 0 Å². The Morgan fingerprint density at radius 3 is 2.19 bits per heavy atom. The smallest absolute Gasteiger partial charge is 0.336 e. The van der Waals surface area contributed by atoms with Crippen molar-refractivity contribution in [3.8, 4) is 5.75 Å². The maximum atomic E-state index is 14.2. The van der Waals surface area contributed by atoms with Gasteiger partial charge in [-0.3, -0.25) is 4.90 Å². The summed E-state index contributed by atoms with van der Waals surface area (Å²) in [5.41, 5.74) is 10.9. The Morgan fingerprint density at radius 2 is 1.64 bits per heavy atom. The predicted octanol–water partition coefficient (Wildman–Crippen LogP) is 6.62. The number of carbonyl (C=O) groups excluding carboxylic acids is 1. The molecule has 5 rings (SSSR count). The molecule has 10 nitrogen and oxygen atoms in total. The number of fused-ring (bicyclic) bond motifs is 1. The molecule has 0 fully saturated rings. The standard InChI is InChI=1S/C27H27N7O2.C5H13N/c1-16-6-5-7-17(2)24(16)33-18(3)22-15-30-26(31-20-10-8-19(28)9-11-20)32-25(22)34(27(33)35)23-13-12-21(36-4)14-29-23;1-4-6(3)5-2/h5-15,18H,28H2,1-4H3,(H,30,31,32);4-5H2,1-3H3. The van der Waals surface area contributed by atoms with Crippen molar-refractivity contribution in [3.63, 3.8) is 0 Å². The molecule has 1 unspecified atom stereocenters. The van der Waals surface area contributed by atoms with Crippen LogP contribution in [0.3, 0.4) is 0 Å². The SMILES string of the molecule is CCN(C)CC.COc1ccc(N2C(=O)N(c3c(C)cccc3C)C(C)c3cnc(Nc4ccc(N)cc4)nc32)nc1. The zero-order chi connectivity index (χ0) is 30.4. The fourth-order valence-corrected chi connectivity index (χ4v) is 4.65. The first-order valence-electron chi connectivity index (χ1n) is 14.1. The summed E-state index contributed by atoms with van der Waals surface area (Å²) in [5, 5.41) is 3.19. The fourth-order valence-electron chi connectivity index (χ4n) is 4.65. The van der Waals surface area contributed by atoms with Crippen LogP contribution < -0.4 is 25.6 Å². The molecule has 42 heavy (non-hydrogen) atoms. The summed E-state index contributed by atoms with van der Waals surface area (Å²) in [6, 6.07) is 16.2. The number of urea groups is 1. The number of aromatic nitrogens is 3. The Bertz CT molecular complexity index is 1480. The lowest BCUT2D eigenvalue weighted by atomic mass is 10.0. The third kappa shape index (κ3) is 6.44. The van der Waals surface area contributed by atoms with Gasteiger partial charge in [0.25, 0.3) is 0 Å². The first-order chi connectivity index (χ1) is 20.2. The van der Waals surface area contributed by atoms with Crippen LogP contribution >= 0.6 is 0 Å². The summed E-state index contributed by atoms with van der Waals surface area (Å²) in [7, 11) is 3.69. The number of benzene rings is 2. The molecule has 0 aliphatic carbocycles. The monoisotopic (exact) mass is 568 g/mol. The Morgan fingerprint density at radius 1 is 0.976 bits per heavy atom. The number of hydrogen-bond donors (Lipinski definition) is 2. The van der Waals surface area contributed by atoms with Gasteiger partial charge in [-0.25, -0.2) is 19.7 Å². The van der Waals surface area contributed by atoms with Crippen LogP contribution in [-0.2, 0) is 0 Å². The van der Waals surface area contributed by atoms with Crippen LogP contribution in [-0.4, -0.2) is 53.1 Å². The number of nitrogens with one attached hydrogen (secondary N) is 1. The molecule has 0 spiro atoms. The van der Waals surface area contributed by atoms with Gasteiger partial charge < -0.3 is 20.7 Å². The highest BCUT2D eigenvalue weighted by molar-refractivity contribution is 6.11. The van der Waals surface area contributed by atoms with Crippen LogP contribution in [0.25, 0.3) is 0 Å². The highest BCUT2D eigenvalue weighted by Crippen LogP contribution is 2.43. The highest BCUT2D eigenvalue weighted by Gasteiger charge is 2.40. The van der Waals surface area contributed by atoms with Crippen molar-refractivity contribution >= 4 is 40.7 Å². The van der Waals surface area contributed by atoms with E-state index >= 15 is 0 Å². The summed E-state index contributed by atoms with van der Waals surface area (Å²) in [5.74, 6) is 1.86. The number of methoxy groups -OCH3 is 1. The number of aryl methyl sites for hydroxylation is 2. The second-order valence-corrected chi connectivity index (χ2v) is 10.2. The number of carbonyl (C=O) groups is 1. The maximum Gasteiger partial charge on any atom is 0.336 e. The Hall–Kier alpha value is -4.70. The average molecular weight is 569 g/mol. The van der Waals surface area contributed by atoms with Gasteiger partial charge in [0.05, 0.1) is 25.0 Å². The third-order valence-electron chi connectivity index (χ3n) is 7.35. The van der Waals surface area contributed by atoms with E-state index in [9.17, 15) is 4.79 Å². The molecule has 0 saturated heterocycles. The van der Waals surface area contributed by atoms with E-state index in [2.05, 4.69) is 41.1 Å². The van der Waals surface area contributed by atoms with E-state index in [-0.39, 0.29) is 12.1 Å². The summed E-state index contributed by atoms with van der Waals surface area (Å²) in [6.07, 6.45) is 3.34. The molecule has 1 atom stereocenters. The molecule has 1 aliphatic rings. The zero-order valence-electron chi connectivity index (χ0n) is 25.4. The summed E-state index contributed by atoms with van der Waals surface area (Å²) in [4.78, 5) is 33.5. The summed E-state index contributed by atoms with van der Waals surface area (Å²) in [6.45, 7) is 12.6. The number of nitrogen functional groups attached to an aromatic ring is 1. The number of para-hydroxylation sites is 1. The number of anilines is 6. The van der Waals surface area contributed by atoms with E-state index in [0.717, 1.165) is 41.2 Å². The summed E-state index contributed by atoms with van der Waals surface area (Å²) >= 11 is 0. The van der Waals surface area contributed by atoms with E-state index in [1.807, 2.05) is 51.1 Å². The lowest BCUT2D eigenvalue weighted by molar-refractivity contribution is 0.250. The van der Waals surface area contributed by atoms with E-state index in [1.165, 1.54) is 4.90 Å². The molecular weight excluding hydrogens is 528 g/mol. The molecule has 2 aromatic heterocycles. The van der Waals surface area contributed by atoms with Crippen LogP contribution in [0.1, 0.15) is 43.5 Å². The predicted molar refractivity (Wildman–Crippen MR) is 170 cm³/mol. The van der Waals surface area contributed by atoms with Crippen LogP contribution in [0, 0.1) is 13.8 Å². The second kappa shape index (κ2) is 13.3. The van der Waals surface area contributed by atoms with Gasteiger partial charge in [0.2, 0.25) is 5.95 Å². The first-order valence-corrected chi connectivity index (χ1v) is 14.1. The number of nitrogens with zero attached hydrogens (tertiary/aromatic N) is 6. The van der Waals surface area contributed by atoms with Crippen molar-refractivity contribution in [2.45, 2.75) is 40.7 Å². The van der Waals surface area contributed by atoms with Gasteiger partial charge in [-0.2, -0.15) is 4.98 Å². The molecule has 3 heterocycles. The summed E-state index contributed by atoms with van der Waals surface area (Å²) < 4.78 is 5.26. The molecule has 2 amide bonds. The molecule has 0 saturated carbocycles. The second-order valence-electron chi connectivity index (χ2n) is 10.2. The largest absolute Gasteiger partial charge is 0.495 e. The van der Waals surface area contributed by atoms with Crippen molar-refractivity contribution in [1.82, 2.24) is 19.9 Å². The van der Waals surface area contributed by atoms with Crippen LogP contribution in [0.5, 0.6) is 5.75 Å². The molecular formula is C32H40N8O2. The van der Waals surface area contributed by atoms with Crippen molar-refractivity contribution in [1.29, 1.82) is 0 Å². The number of ether oxygens (including phenoxy) is 1. The molecule has 10 heteroatoms. The van der Waals surface area contributed by atoms with Crippen molar-refractivity contribution < 1.29 is 9.53 Å². The minimum absolute atomic E-state index is 0.248. The number of amides is 2. The highest BCUT2D eigenvalue weighted by atomic mass is 16.5. The van der Waals surface area contributed by atoms with Gasteiger partial charge in [0.15, 0.2) is 5.82 Å². The van der Waals surface area contributed by atoms with Gasteiger partial charge in [-0.1, -0.05) is 32.0 Å². The van der Waals surface area contributed by atoms with Gasteiger partial charge in [0, 0.05) is 23.1 Å². The minimum atomic E-state index is -0.299. The van der Waals surface area contributed by atoms with E-state index in [4.69, 9.17) is 15.5 Å². The third-order valence-corrected chi connectivity index (χ3v) is 7.35. The Labute approximate surface area is 248 Å². The molecule has 2 aromatic carbocycles. The first kappa shape index (κ1) is 30.3. The van der Waals surface area contributed by atoms with E-state index < -0.39 is 0 Å². The lowest BCUT2D eigenvalue weighted by Gasteiger charge is -2.41. The van der Waals surface area contributed by atoms with Crippen molar-refractivity contribution in [2.24, 2.45) is 0 Å². The maximum absolute atomic E-state index is 14.2. The van der Waals surface area contributed by atoms with Gasteiger partial charge in [0.1, 0.15) is 11.6 Å². The minimum Gasteiger partial charge on any atom is -0.495 e. The number of rotatable bonds is 7. The number of nitrogens with two attached hydrogens (primary N) is 1. The van der Waals surface area contributed by atoms with E-state index in [0.29, 0.717) is 29.0 Å². The quantitative estimate of drug-likeness (QED) is 0.239. The molecule has 1 aliphatic heterocycles. The molecule has 0 bridgehead atoms. The van der Waals surface area contributed by atoms with E-state index in [1.54, 1.807) is 48.7 Å². The van der Waals surface area contributed by atoms with Crippen LogP contribution in [0.2, 0.25) is 0 Å². The fraction of sp³-hybridized carbons (Fsp3) is 0.312. The van der Waals surface area contributed by atoms with Gasteiger partial charge >= 0.3 is 6.03 Å². The zero-order valence-corrected chi connectivity index (χ0v) is 25.4. The van der Waals surface area contributed by atoms with Gasteiger partial charge in [-0.05, 0) is 88.4 Å². The molecule has 4 aromatic rings. The van der Waals surface area contributed by atoms with Crippen LogP contribution in [0.4, 0.5) is 39.4 Å². The Kier molecular flexibility index (Phi) is 9.59. The van der Waals surface area contributed by atoms with Crippen molar-refractivity contribution in [2.75, 3.05) is 48.1 Å².